The van der Waals surface area contributed by atoms with Gasteiger partial charge in [-0.25, -0.2) is 4.79 Å². The van der Waals surface area contributed by atoms with Gasteiger partial charge in [0.1, 0.15) is 19.8 Å². The molecule has 0 spiro atoms. The Kier molecular flexibility index (Phi) is 36.4. The van der Waals surface area contributed by atoms with E-state index in [9.17, 15) is 24.3 Å². The smallest absolute Gasteiger partial charge is 0.405 e. The van der Waals surface area contributed by atoms with E-state index in [1.807, 2.05) is 0 Å². The van der Waals surface area contributed by atoms with Gasteiger partial charge < -0.3 is 69.0 Å². The molecule has 318 valence electrons. The third kappa shape index (κ3) is 35.7. The van der Waals surface area contributed by atoms with E-state index < -0.39 is 11.6 Å². The molecule has 0 aromatic heterocycles. The topological polar surface area (TPSA) is 220 Å². The van der Waals surface area contributed by atoms with Gasteiger partial charge in [0.15, 0.2) is 0 Å². The minimum atomic E-state index is -1.35. The van der Waals surface area contributed by atoms with Gasteiger partial charge in [0.25, 0.3) is 0 Å². The fraction of sp³-hybridized carbons (Fsp3) is 0.737. The SMILES string of the molecule is C#CCOCCOCCOCCNC(=O)CCC(CCC(=O)NCCOCCOCCOCC#C)(CCC(=O)NCCOCCOCCOCC#C)NC(=O)O. The second kappa shape index (κ2) is 39.2. The first-order chi connectivity index (χ1) is 27.3. The first kappa shape index (κ1) is 52.0. The van der Waals surface area contributed by atoms with Crippen LogP contribution >= 0.6 is 0 Å². The van der Waals surface area contributed by atoms with Crippen molar-refractivity contribution in [3.63, 3.8) is 0 Å². The predicted octanol–water partition coefficient (Wildman–Crippen LogP) is -0.269. The lowest BCUT2D eigenvalue weighted by atomic mass is 9.83. The Bertz CT molecular complexity index is 1030. The molecule has 0 aliphatic rings. The molecule has 0 fully saturated rings. The summed E-state index contributed by atoms with van der Waals surface area (Å²) in [4.78, 5) is 50.2. The van der Waals surface area contributed by atoms with Crippen molar-refractivity contribution < 1.29 is 66.9 Å². The molecule has 18 nitrogen and oxygen atoms in total. The predicted molar refractivity (Wildman–Crippen MR) is 204 cm³/mol. The van der Waals surface area contributed by atoms with E-state index in [4.69, 9.17) is 61.9 Å². The maximum absolute atomic E-state index is 12.7. The summed E-state index contributed by atoms with van der Waals surface area (Å²) in [5.41, 5.74) is -1.26. The van der Waals surface area contributed by atoms with Gasteiger partial charge in [-0.1, -0.05) is 17.8 Å². The first-order valence-corrected chi connectivity index (χ1v) is 18.6. The van der Waals surface area contributed by atoms with Crippen LogP contribution in [0, 0.1) is 37.0 Å². The molecular formula is C38H62N4O14. The normalized spacial score (nSPS) is 10.9. The quantitative estimate of drug-likeness (QED) is 0.0399. The molecule has 18 heteroatoms. The van der Waals surface area contributed by atoms with Crippen LogP contribution in [-0.2, 0) is 57.0 Å². The summed E-state index contributed by atoms with van der Waals surface area (Å²) in [7, 11) is 0. The van der Waals surface area contributed by atoms with Gasteiger partial charge in [0, 0.05) is 44.4 Å². The lowest BCUT2D eigenvalue weighted by Crippen LogP contribution is -2.50. The van der Waals surface area contributed by atoms with Gasteiger partial charge in [-0.2, -0.15) is 0 Å². The number of nitrogens with one attached hydrogen (secondary N) is 4. The molecule has 5 N–H and O–H groups in total. The summed E-state index contributed by atoms with van der Waals surface area (Å²) in [6.07, 6.45) is 13.9. The van der Waals surface area contributed by atoms with Crippen LogP contribution in [0.3, 0.4) is 0 Å². The number of carbonyl (C=O) groups is 4. The molecule has 0 aromatic carbocycles. The number of carbonyl (C=O) groups excluding carboxylic acids is 3. The number of carboxylic acid groups (broad SMARTS) is 1. The average molecular weight is 799 g/mol. The lowest BCUT2D eigenvalue weighted by molar-refractivity contribution is -0.121. The number of hydrogen-bond donors (Lipinski definition) is 5. The highest BCUT2D eigenvalue weighted by Gasteiger charge is 2.33. The fourth-order valence-electron chi connectivity index (χ4n) is 4.61. The summed E-state index contributed by atoms with van der Waals surface area (Å²) < 4.78 is 47.8. The van der Waals surface area contributed by atoms with Crippen LogP contribution in [0.15, 0.2) is 0 Å². The lowest BCUT2D eigenvalue weighted by Gasteiger charge is -2.34. The Morgan fingerprint density at radius 3 is 0.929 bits per heavy atom. The third-order valence-electron chi connectivity index (χ3n) is 7.36. The van der Waals surface area contributed by atoms with Crippen molar-refractivity contribution in [3.05, 3.63) is 0 Å². The zero-order valence-electron chi connectivity index (χ0n) is 32.6. The van der Waals surface area contributed by atoms with E-state index >= 15 is 0 Å². The summed E-state index contributed by atoms with van der Waals surface area (Å²) in [5.74, 6) is 6.06. The second-order valence-electron chi connectivity index (χ2n) is 11.7. The molecular weight excluding hydrogens is 736 g/mol. The van der Waals surface area contributed by atoms with Crippen molar-refractivity contribution in [3.8, 4) is 37.0 Å². The van der Waals surface area contributed by atoms with Crippen LogP contribution in [0.25, 0.3) is 0 Å². The van der Waals surface area contributed by atoms with Gasteiger partial charge in [-0.3, -0.25) is 14.4 Å². The molecule has 0 bridgehead atoms. The van der Waals surface area contributed by atoms with E-state index in [1.54, 1.807) is 0 Å². The zero-order valence-corrected chi connectivity index (χ0v) is 32.6. The van der Waals surface area contributed by atoms with Crippen molar-refractivity contribution in [2.24, 2.45) is 0 Å². The molecule has 56 heavy (non-hydrogen) atoms. The number of amides is 4. The Morgan fingerprint density at radius 1 is 0.429 bits per heavy atom. The first-order valence-electron chi connectivity index (χ1n) is 18.6. The van der Waals surface area contributed by atoms with Crippen molar-refractivity contribution in [1.29, 1.82) is 0 Å². The summed E-state index contributed by atoms with van der Waals surface area (Å²) in [6.45, 7) is 6.28. The molecule has 0 unspecified atom stereocenters. The van der Waals surface area contributed by atoms with E-state index in [-0.39, 0.29) is 116 Å². The van der Waals surface area contributed by atoms with Gasteiger partial charge >= 0.3 is 6.09 Å². The van der Waals surface area contributed by atoms with Crippen LogP contribution in [0.1, 0.15) is 38.5 Å². The van der Waals surface area contributed by atoms with Crippen molar-refractivity contribution in [1.82, 2.24) is 21.3 Å². The number of rotatable bonds is 40. The highest BCUT2D eigenvalue weighted by atomic mass is 16.6. The van der Waals surface area contributed by atoms with E-state index in [0.717, 1.165) is 0 Å². The monoisotopic (exact) mass is 798 g/mol. The van der Waals surface area contributed by atoms with Gasteiger partial charge in [-0.05, 0) is 19.3 Å². The highest BCUT2D eigenvalue weighted by Crippen LogP contribution is 2.26. The number of ether oxygens (including phenoxy) is 9. The van der Waals surface area contributed by atoms with Crippen LogP contribution in [0.5, 0.6) is 0 Å². The Morgan fingerprint density at radius 2 is 0.679 bits per heavy atom. The molecule has 0 aliphatic carbocycles. The standard InChI is InChI=1S/C38H62N4O14/c1-4-16-48-22-28-54-31-25-51-19-13-39-34(43)7-10-38(42-37(46)47,11-8-35(44)40-14-20-52-26-32-55-29-23-49-17-5-2)12-9-36(45)41-15-21-53-27-33-56-30-24-50-18-6-3/h1-3,42H,7-33H2,(H,39,43)(H,40,44)(H,41,45)(H,46,47). The highest BCUT2D eigenvalue weighted by molar-refractivity contribution is 5.78. The van der Waals surface area contributed by atoms with Crippen molar-refractivity contribution in [2.45, 2.75) is 44.1 Å². The number of terminal acetylenes is 3. The summed E-state index contributed by atoms with van der Waals surface area (Å²) in [5, 5.41) is 20.5. The third-order valence-corrected chi connectivity index (χ3v) is 7.36. The van der Waals surface area contributed by atoms with Gasteiger partial charge in [0.2, 0.25) is 17.7 Å². The summed E-state index contributed by atoms with van der Waals surface area (Å²) in [6, 6.07) is 0. The summed E-state index contributed by atoms with van der Waals surface area (Å²) >= 11 is 0. The maximum atomic E-state index is 12.7. The Balaban J connectivity index is 4.87. The van der Waals surface area contributed by atoms with E-state index in [2.05, 4.69) is 39.0 Å². The van der Waals surface area contributed by atoms with E-state index in [1.165, 1.54) is 0 Å². The van der Waals surface area contributed by atoms with Crippen LogP contribution < -0.4 is 21.3 Å². The molecule has 0 radical (unpaired) electrons. The van der Waals surface area contributed by atoms with E-state index in [0.29, 0.717) is 79.3 Å². The van der Waals surface area contributed by atoms with Crippen LogP contribution in [0.4, 0.5) is 4.79 Å². The molecule has 0 aromatic rings. The molecule has 0 rings (SSSR count). The fourth-order valence-corrected chi connectivity index (χ4v) is 4.61. The zero-order chi connectivity index (χ0) is 41.2. The van der Waals surface area contributed by atoms with Crippen LogP contribution in [-0.4, -0.2) is 173 Å². The van der Waals surface area contributed by atoms with Crippen molar-refractivity contribution in [2.75, 3.05) is 139 Å². The molecule has 0 heterocycles. The second-order valence-corrected chi connectivity index (χ2v) is 11.7. The Hall–Kier alpha value is -4.00. The Labute approximate surface area is 331 Å². The number of hydrogen-bond acceptors (Lipinski definition) is 13. The molecule has 4 amide bonds. The van der Waals surface area contributed by atoms with Crippen LogP contribution in [0.2, 0.25) is 0 Å². The minimum Gasteiger partial charge on any atom is -0.465 e. The van der Waals surface area contributed by atoms with Gasteiger partial charge in [0.05, 0.1) is 99.1 Å². The molecule has 0 saturated carbocycles. The molecule has 0 aliphatic heterocycles. The largest absolute Gasteiger partial charge is 0.465 e. The maximum Gasteiger partial charge on any atom is 0.405 e. The minimum absolute atomic E-state index is 0.0376. The van der Waals surface area contributed by atoms with Gasteiger partial charge in [-0.15, -0.1) is 19.3 Å². The average Bonchev–Trinajstić information content (AvgIpc) is 3.18. The molecule has 0 saturated heterocycles. The molecule has 0 atom stereocenters. The van der Waals surface area contributed by atoms with Crippen molar-refractivity contribution >= 4 is 23.8 Å².